The van der Waals surface area contributed by atoms with Gasteiger partial charge in [-0.15, -0.1) is 0 Å². The molecule has 0 heterocycles. The second-order valence-corrected chi connectivity index (χ2v) is 5.03. The summed E-state index contributed by atoms with van der Waals surface area (Å²) in [5, 5.41) is 20.6. The van der Waals surface area contributed by atoms with Gasteiger partial charge in [0.2, 0.25) is 5.91 Å². The number of carbonyl (C=O) groups is 1. The maximum atomic E-state index is 11.2. The second-order valence-electron chi connectivity index (χ2n) is 5.03. The molecular formula is C16H26N2O5. The van der Waals surface area contributed by atoms with Gasteiger partial charge in [-0.1, -0.05) is 6.07 Å². The molecule has 2 atom stereocenters. The van der Waals surface area contributed by atoms with Crippen molar-refractivity contribution in [2.75, 3.05) is 36.6 Å². The van der Waals surface area contributed by atoms with Crippen molar-refractivity contribution in [1.82, 2.24) is 0 Å². The summed E-state index contributed by atoms with van der Waals surface area (Å²) in [6.07, 6.45) is -0.716. The average Bonchev–Trinajstić information content (AvgIpc) is 2.51. The summed E-state index contributed by atoms with van der Waals surface area (Å²) in [5.41, 5.74) is 1.47. The topological polar surface area (TPSA) is 91.3 Å². The van der Waals surface area contributed by atoms with Gasteiger partial charge in [-0.25, -0.2) is 0 Å². The first-order chi connectivity index (χ1) is 11.0. The summed E-state index contributed by atoms with van der Waals surface area (Å²) < 4.78 is 11.2. The molecule has 1 aromatic rings. The van der Waals surface area contributed by atoms with Gasteiger partial charge in [0.1, 0.15) is 12.5 Å². The Balaban J connectivity index is 2.99. The monoisotopic (exact) mass is 326 g/mol. The van der Waals surface area contributed by atoms with Crippen LogP contribution in [0.5, 0.6) is 0 Å². The predicted octanol–water partition coefficient (Wildman–Crippen LogP) is 1.16. The highest BCUT2D eigenvalue weighted by molar-refractivity contribution is 5.89. The van der Waals surface area contributed by atoms with Crippen molar-refractivity contribution in [1.29, 1.82) is 0 Å². The summed E-state index contributed by atoms with van der Waals surface area (Å²) in [6, 6.07) is 7.31. The van der Waals surface area contributed by atoms with E-state index in [0.29, 0.717) is 5.69 Å². The van der Waals surface area contributed by atoms with E-state index < -0.39 is 0 Å². The molecule has 0 saturated carbocycles. The lowest BCUT2D eigenvalue weighted by Gasteiger charge is -2.36. The molecule has 0 spiro atoms. The van der Waals surface area contributed by atoms with Crippen LogP contribution in [0.15, 0.2) is 24.3 Å². The first-order valence-electron chi connectivity index (χ1n) is 7.60. The molecule has 2 unspecified atom stereocenters. The lowest BCUT2D eigenvalue weighted by Crippen LogP contribution is -2.44. The summed E-state index contributed by atoms with van der Waals surface area (Å²) in [6.45, 7) is 5.40. The van der Waals surface area contributed by atoms with Crippen LogP contribution >= 0.6 is 0 Å². The van der Waals surface area contributed by atoms with Crippen LogP contribution in [0, 0.1) is 0 Å². The van der Waals surface area contributed by atoms with Gasteiger partial charge in [-0.05, 0) is 32.0 Å². The Morgan fingerprint density at radius 2 is 1.74 bits per heavy atom. The van der Waals surface area contributed by atoms with Gasteiger partial charge in [0.25, 0.3) is 0 Å². The van der Waals surface area contributed by atoms with E-state index in [1.807, 2.05) is 36.9 Å². The first-order valence-corrected chi connectivity index (χ1v) is 7.60. The van der Waals surface area contributed by atoms with Crippen LogP contribution in [0.25, 0.3) is 0 Å². The number of hydrogen-bond acceptors (Lipinski definition) is 6. The van der Waals surface area contributed by atoms with E-state index in [1.54, 1.807) is 6.07 Å². The van der Waals surface area contributed by atoms with Crippen LogP contribution in [0.3, 0.4) is 0 Å². The molecule has 0 saturated heterocycles. The summed E-state index contributed by atoms with van der Waals surface area (Å²) in [7, 11) is 0. The van der Waals surface area contributed by atoms with Gasteiger partial charge < -0.3 is 29.9 Å². The largest absolute Gasteiger partial charge is 0.394 e. The Hall–Kier alpha value is -1.67. The standard InChI is InChI=1S/C16H26N2O5/c1-12(21)17-15-5-4-6-16(11-15)18(13(2)22-9-7-19)14(3)23-10-8-20/h4-6,11,13-14,19-20H,7-10H2,1-3H3,(H,17,21). The van der Waals surface area contributed by atoms with E-state index >= 15 is 0 Å². The predicted molar refractivity (Wildman–Crippen MR) is 88.2 cm³/mol. The van der Waals surface area contributed by atoms with Gasteiger partial charge >= 0.3 is 0 Å². The fraction of sp³-hybridized carbons (Fsp3) is 0.562. The number of anilines is 2. The number of benzene rings is 1. The summed E-state index contributed by atoms with van der Waals surface area (Å²) in [4.78, 5) is 13.1. The number of aliphatic hydroxyl groups excluding tert-OH is 2. The third-order valence-corrected chi connectivity index (χ3v) is 3.15. The van der Waals surface area contributed by atoms with Crippen LogP contribution in [-0.2, 0) is 14.3 Å². The van der Waals surface area contributed by atoms with Gasteiger partial charge in [0, 0.05) is 18.3 Å². The normalized spacial score (nSPS) is 13.4. The van der Waals surface area contributed by atoms with Crippen LogP contribution in [-0.4, -0.2) is 55.0 Å². The minimum atomic E-state index is -0.358. The molecule has 1 amide bonds. The minimum Gasteiger partial charge on any atom is -0.394 e. The van der Waals surface area contributed by atoms with Crippen molar-refractivity contribution < 1.29 is 24.5 Å². The quantitative estimate of drug-likeness (QED) is 0.559. The summed E-state index contributed by atoms with van der Waals surface area (Å²) in [5.74, 6) is -0.150. The van der Waals surface area contributed by atoms with Crippen molar-refractivity contribution >= 4 is 17.3 Å². The molecule has 0 bridgehead atoms. The van der Waals surface area contributed by atoms with Gasteiger partial charge in [0.05, 0.1) is 26.4 Å². The average molecular weight is 326 g/mol. The summed E-state index contributed by atoms with van der Waals surface area (Å²) >= 11 is 0. The Labute approximate surface area is 136 Å². The van der Waals surface area contributed by atoms with Crippen LogP contribution in [0.2, 0.25) is 0 Å². The van der Waals surface area contributed by atoms with E-state index in [-0.39, 0.29) is 44.8 Å². The fourth-order valence-electron chi connectivity index (χ4n) is 2.27. The highest BCUT2D eigenvalue weighted by Crippen LogP contribution is 2.24. The molecule has 0 aliphatic rings. The molecule has 0 aliphatic heterocycles. The van der Waals surface area contributed by atoms with Crippen molar-refractivity contribution in [3.05, 3.63) is 24.3 Å². The molecule has 3 N–H and O–H groups in total. The van der Waals surface area contributed by atoms with Crippen molar-refractivity contribution in [3.8, 4) is 0 Å². The smallest absolute Gasteiger partial charge is 0.221 e. The maximum Gasteiger partial charge on any atom is 0.221 e. The Morgan fingerprint density at radius 3 is 2.22 bits per heavy atom. The number of carbonyl (C=O) groups excluding carboxylic acids is 1. The van der Waals surface area contributed by atoms with Crippen LogP contribution in [0.1, 0.15) is 20.8 Å². The van der Waals surface area contributed by atoms with Crippen LogP contribution in [0.4, 0.5) is 11.4 Å². The molecule has 7 nitrogen and oxygen atoms in total. The molecule has 130 valence electrons. The van der Waals surface area contributed by atoms with E-state index in [0.717, 1.165) is 5.69 Å². The molecule has 1 rings (SSSR count). The minimum absolute atomic E-state index is 0.0734. The Kier molecular flexibility index (Phi) is 8.57. The second kappa shape index (κ2) is 10.2. The molecule has 1 aromatic carbocycles. The zero-order chi connectivity index (χ0) is 17.2. The first kappa shape index (κ1) is 19.4. The van der Waals surface area contributed by atoms with E-state index in [4.69, 9.17) is 19.7 Å². The number of hydrogen-bond donors (Lipinski definition) is 3. The molecule has 0 aliphatic carbocycles. The van der Waals surface area contributed by atoms with Gasteiger partial charge in [-0.2, -0.15) is 0 Å². The number of rotatable bonds is 10. The number of nitrogens with zero attached hydrogens (tertiary/aromatic N) is 1. The Morgan fingerprint density at radius 1 is 1.17 bits per heavy atom. The third-order valence-electron chi connectivity index (χ3n) is 3.15. The van der Waals surface area contributed by atoms with Crippen molar-refractivity contribution in [2.45, 2.75) is 33.2 Å². The maximum absolute atomic E-state index is 11.2. The lowest BCUT2D eigenvalue weighted by molar-refractivity contribution is -0.114. The molecule has 23 heavy (non-hydrogen) atoms. The van der Waals surface area contributed by atoms with E-state index in [9.17, 15) is 4.79 Å². The highest BCUT2D eigenvalue weighted by atomic mass is 16.5. The third kappa shape index (κ3) is 6.54. The SMILES string of the molecule is CC(=O)Nc1cccc(N(C(C)OCCO)C(C)OCCO)c1. The number of nitrogens with one attached hydrogen (secondary N) is 1. The molecule has 0 radical (unpaired) electrons. The molecular weight excluding hydrogens is 300 g/mol. The number of amides is 1. The van der Waals surface area contributed by atoms with E-state index in [2.05, 4.69) is 5.32 Å². The zero-order valence-electron chi connectivity index (χ0n) is 13.9. The van der Waals surface area contributed by atoms with Gasteiger partial charge in [0.15, 0.2) is 0 Å². The van der Waals surface area contributed by atoms with Crippen LogP contribution < -0.4 is 10.2 Å². The number of aliphatic hydroxyl groups is 2. The van der Waals surface area contributed by atoms with E-state index in [1.165, 1.54) is 6.92 Å². The van der Waals surface area contributed by atoms with Crippen molar-refractivity contribution in [2.24, 2.45) is 0 Å². The van der Waals surface area contributed by atoms with Crippen molar-refractivity contribution in [3.63, 3.8) is 0 Å². The zero-order valence-corrected chi connectivity index (χ0v) is 13.9. The Bertz CT molecular complexity index is 469. The fourth-order valence-corrected chi connectivity index (χ4v) is 2.27. The number of ether oxygens (including phenoxy) is 2. The van der Waals surface area contributed by atoms with Gasteiger partial charge in [-0.3, -0.25) is 4.79 Å². The molecule has 7 heteroatoms. The lowest BCUT2D eigenvalue weighted by atomic mass is 10.2. The molecule has 0 fully saturated rings. The highest BCUT2D eigenvalue weighted by Gasteiger charge is 2.22. The molecule has 0 aromatic heterocycles.